The number of ketones is 1. The van der Waals surface area contributed by atoms with Crippen LogP contribution in [0, 0.1) is 23.8 Å². The van der Waals surface area contributed by atoms with Crippen LogP contribution in [0.3, 0.4) is 0 Å². The Morgan fingerprint density at radius 2 is 1.55 bits per heavy atom. The largest absolute Gasteiger partial charge is 0.512 e. The molecular weight excluding hydrogens is 803 g/mol. The van der Waals surface area contributed by atoms with Crippen molar-refractivity contribution in [2.45, 2.75) is 100 Å². The number of fused-ring (bicyclic) bond motifs is 6. The molecule has 0 unspecified atom stereocenters. The number of aliphatic hydroxyl groups excluding tert-OH is 1. The second-order valence-corrected chi connectivity index (χ2v) is 15.7. The van der Waals surface area contributed by atoms with Gasteiger partial charge < -0.3 is 9.52 Å². The number of aryl methyl sites for hydroxylation is 1. The molecule has 1 radical (unpaired) electrons. The molecule has 0 aliphatic heterocycles. The Kier molecular flexibility index (Phi) is 11.7. The summed E-state index contributed by atoms with van der Waals surface area (Å²) in [6.45, 7) is 21.0. The fourth-order valence-electron chi connectivity index (χ4n) is 6.32. The van der Waals surface area contributed by atoms with E-state index >= 15 is 0 Å². The zero-order valence-electron chi connectivity index (χ0n) is 30.6. The number of aromatic nitrogens is 1. The van der Waals surface area contributed by atoms with E-state index in [0.717, 1.165) is 47.9 Å². The zero-order chi connectivity index (χ0) is 35.0. The van der Waals surface area contributed by atoms with Crippen LogP contribution in [0.4, 0.5) is 0 Å². The van der Waals surface area contributed by atoms with E-state index in [4.69, 9.17) is 9.40 Å². The van der Waals surface area contributed by atoms with Gasteiger partial charge in [0, 0.05) is 63.7 Å². The third-order valence-corrected chi connectivity index (χ3v) is 11.9. The van der Waals surface area contributed by atoms with Gasteiger partial charge in [-0.2, -0.15) is 0 Å². The van der Waals surface area contributed by atoms with E-state index in [0.29, 0.717) is 0 Å². The Morgan fingerprint density at radius 1 is 0.898 bits per heavy atom. The van der Waals surface area contributed by atoms with Crippen molar-refractivity contribution in [3.8, 4) is 11.3 Å². The van der Waals surface area contributed by atoms with Gasteiger partial charge in [-0.3, -0.25) is 9.78 Å². The molecule has 0 saturated heterocycles. The molecule has 0 spiro atoms. The summed E-state index contributed by atoms with van der Waals surface area (Å²) >= 11 is 1.82. The van der Waals surface area contributed by atoms with Crippen molar-refractivity contribution in [2.24, 2.45) is 10.8 Å². The number of rotatable bonds is 8. The van der Waals surface area contributed by atoms with Crippen LogP contribution in [0.15, 0.2) is 77.2 Å². The second-order valence-electron chi connectivity index (χ2n) is 14.7. The van der Waals surface area contributed by atoms with Crippen LogP contribution in [0.2, 0.25) is 0 Å². The van der Waals surface area contributed by atoms with Gasteiger partial charge in [-0.1, -0.05) is 91.5 Å². The molecule has 6 rings (SSSR count). The maximum atomic E-state index is 12.2. The Morgan fingerprint density at radius 3 is 2.18 bits per heavy atom. The average molecular weight is 853 g/mol. The Balaban J connectivity index is 0.000000260. The van der Waals surface area contributed by atoms with Crippen LogP contribution in [0.25, 0.3) is 53.2 Å². The summed E-state index contributed by atoms with van der Waals surface area (Å²) in [5.74, 6) is 0.286. The van der Waals surface area contributed by atoms with Gasteiger partial charge in [0.15, 0.2) is 5.78 Å². The molecule has 0 atom stereocenters. The predicted octanol–water partition coefficient (Wildman–Crippen LogP) is 13.1. The monoisotopic (exact) mass is 853 g/mol. The number of carbonyl (C=O) groups is 1. The summed E-state index contributed by atoms with van der Waals surface area (Å²) in [5.41, 5.74) is 4.91. The molecule has 261 valence electrons. The maximum Gasteiger partial charge on any atom is 0.164 e. The Bertz CT molecular complexity index is 2140. The minimum atomic E-state index is -0.337. The molecule has 0 fully saturated rings. The number of allylic oxidation sites excluding steroid dienone is 2. The molecule has 3 heterocycles. The number of aliphatic hydroxyl groups is 1. The summed E-state index contributed by atoms with van der Waals surface area (Å²) in [6, 6.07) is 20.9. The summed E-state index contributed by atoms with van der Waals surface area (Å²) < 4.78 is 8.26. The second kappa shape index (κ2) is 14.9. The first-order valence-corrected chi connectivity index (χ1v) is 18.1. The molecule has 0 aliphatic rings. The van der Waals surface area contributed by atoms with E-state index in [2.05, 4.69) is 82.3 Å². The topological polar surface area (TPSA) is 63.3 Å². The normalized spacial score (nSPS) is 12.7. The number of hydrogen-bond acceptors (Lipinski definition) is 5. The molecule has 6 heteroatoms. The van der Waals surface area contributed by atoms with Crippen molar-refractivity contribution in [3.63, 3.8) is 0 Å². The number of pyridine rings is 1. The number of nitrogens with zero attached hydrogens (tertiary/aromatic N) is 1. The van der Waals surface area contributed by atoms with Gasteiger partial charge in [0.05, 0.1) is 6.26 Å². The van der Waals surface area contributed by atoms with Crippen molar-refractivity contribution < 1.29 is 34.4 Å². The predicted molar refractivity (Wildman–Crippen MR) is 205 cm³/mol. The number of benzene rings is 3. The number of furan rings is 1. The van der Waals surface area contributed by atoms with Crippen molar-refractivity contribution in [1.82, 2.24) is 4.98 Å². The summed E-state index contributed by atoms with van der Waals surface area (Å²) in [7, 11) is 0. The van der Waals surface area contributed by atoms with Crippen molar-refractivity contribution in [3.05, 3.63) is 90.0 Å². The van der Waals surface area contributed by atoms with Crippen LogP contribution in [-0.4, -0.2) is 15.9 Å². The van der Waals surface area contributed by atoms with E-state index in [1.54, 1.807) is 0 Å². The fraction of sp³-hybridized carbons (Fsp3) is 0.395. The van der Waals surface area contributed by atoms with Crippen molar-refractivity contribution >= 4 is 59.0 Å². The van der Waals surface area contributed by atoms with E-state index in [1.807, 2.05) is 65.3 Å². The van der Waals surface area contributed by atoms with Gasteiger partial charge >= 0.3 is 0 Å². The molecule has 0 bridgehead atoms. The molecule has 0 aliphatic carbocycles. The standard InChI is InChI=1S/C28H22NOS.C15H28O2.Ir/c1-16-15-30-22-10-9-20-25-23(31-27(20)24(16)22)11-12-29-26(25)18-13-17-7-5-6-8-19(17)21(14-18)28(2,3)4;1-7-14(5,8-2)12(16)11-13(17)15(6,9-3)10-4;/h5-12,14-15H,1-4H3;11,16H,7-10H2,1-6H3;/q-1;;/b;12-11-;. The van der Waals surface area contributed by atoms with Crippen LogP contribution in [0.5, 0.6) is 0 Å². The van der Waals surface area contributed by atoms with Crippen molar-refractivity contribution in [1.29, 1.82) is 0 Å². The van der Waals surface area contributed by atoms with Gasteiger partial charge in [0.2, 0.25) is 0 Å². The van der Waals surface area contributed by atoms with E-state index in [9.17, 15) is 9.90 Å². The fourth-order valence-corrected chi connectivity index (χ4v) is 7.62. The Hall–Kier alpha value is -3.31. The molecule has 0 saturated carbocycles. The number of carbonyl (C=O) groups excluding carboxylic acids is 1. The van der Waals surface area contributed by atoms with Crippen LogP contribution < -0.4 is 0 Å². The Labute approximate surface area is 309 Å². The molecular formula is C43H50IrNO3S-. The first-order valence-electron chi connectivity index (χ1n) is 17.3. The molecule has 3 aromatic heterocycles. The molecule has 0 amide bonds. The SMILES string of the molecule is CCC(C)(CC)C(=O)/C=C(\O)C(C)(CC)CC.Cc1coc2ccc3c(sc4ccnc(-c5[c-]c6ccccc6c(C(C)(C)C)c5)c43)c12.[Ir]. The van der Waals surface area contributed by atoms with Crippen LogP contribution in [0.1, 0.15) is 99.1 Å². The number of hydrogen-bond donors (Lipinski definition) is 1. The molecule has 49 heavy (non-hydrogen) atoms. The zero-order valence-corrected chi connectivity index (χ0v) is 33.8. The first kappa shape index (κ1) is 38.5. The van der Waals surface area contributed by atoms with Crippen LogP contribution >= 0.6 is 11.3 Å². The minimum Gasteiger partial charge on any atom is -0.512 e. The maximum absolute atomic E-state index is 12.2. The molecule has 1 N–H and O–H groups in total. The van der Waals surface area contributed by atoms with E-state index < -0.39 is 0 Å². The van der Waals surface area contributed by atoms with Gasteiger partial charge in [0.1, 0.15) is 11.3 Å². The van der Waals surface area contributed by atoms with Gasteiger partial charge in [-0.05, 0) is 72.6 Å². The first-order chi connectivity index (χ1) is 22.7. The van der Waals surface area contributed by atoms with Gasteiger partial charge in [0.25, 0.3) is 0 Å². The van der Waals surface area contributed by atoms with Gasteiger partial charge in [-0.15, -0.1) is 40.5 Å². The van der Waals surface area contributed by atoms with E-state index in [-0.39, 0.29) is 47.9 Å². The van der Waals surface area contributed by atoms with Crippen molar-refractivity contribution in [2.75, 3.05) is 0 Å². The third kappa shape index (κ3) is 7.29. The van der Waals surface area contributed by atoms with E-state index in [1.165, 1.54) is 48.1 Å². The average Bonchev–Trinajstić information content (AvgIpc) is 3.66. The smallest absolute Gasteiger partial charge is 0.164 e. The van der Waals surface area contributed by atoms with Gasteiger partial charge in [-0.25, -0.2) is 0 Å². The summed E-state index contributed by atoms with van der Waals surface area (Å²) in [5, 5.41) is 16.2. The summed E-state index contributed by atoms with van der Waals surface area (Å²) in [6.07, 6.45) is 8.52. The summed E-state index contributed by atoms with van der Waals surface area (Å²) in [4.78, 5) is 17.1. The number of thiophene rings is 1. The third-order valence-electron chi connectivity index (χ3n) is 10.7. The quantitative estimate of drug-likeness (QED) is 0.0941. The molecule has 3 aromatic carbocycles. The van der Waals surface area contributed by atoms with Crippen LogP contribution in [-0.2, 0) is 30.3 Å². The minimum absolute atomic E-state index is 0. The molecule has 6 aromatic rings. The molecule has 4 nitrogen and oxygen atoms in total.